The van der Waals surface area contributed by atoms with Crippen LogP contribution in [0.3, 0.4) is 0 Å². The molecule has 1 N–H and O–H groups in total. The molecule has 0 aliphatic carbocycles. The maximum Gasteiger partial charge on any atom is 0.0305 e. The Hall–Kier alpha value is -1.38. The summed E-state index contributed by atoms with van der Waals surface area (Å²) in [7, 11) is 0. The van der Waals surface area contributed by atoms with Gasteiger partial charge in [0.25, 0.3) is 0 Å². The molecule has 0 aliphatic heterocycles. The Kier molecular flexibility index (Phi) is 4.13. The Bertz CT molecular complexity index is 473. The van der Waals surface area contributed by atoms with Gasteiger partial charge >= 0.3 is 0 Å². The highest BCUT2D eigenvalue weighted by atomic mass is 32.1. The highest BCUT2D eigenvalue weighted by Crippen LogP contribution is 2.25. The van der Waals surface area contributed by atoms with Crippen LogP contribution in [0.4, 0.5) is 0 Å². The summed E-state index contributed by atoms with van der Waals surface area (Å²) in [6.45, 7) is 6.78. The fourth-order valence-electron chi connectivity index (χ4n) is 1.60. The van der Waals surface area contributed by atoms with Crippen LogP contribution in [0.1, 0.15) is 11.8 Å². The fraction of sp³-hybridized carbons (Fsp3) is 0.200. The molecule has 17 heavy (non-hydrogen) atoms. The van der Waals surface area contributed by atoms with Gasteiger partial charge in [0.2, 0.25) is 0 Å². The zero-order chi connectivity index (χ0) is 12.1. The normalized spacial score (nSPS) is 12.3. The SMILES string of the molecule is C=CC(C)NCc1cc(-c2ccccc2)cs1. The van der Waals surface area contributed by atoms with Gasteiger partial charge in [0.15, 0.2) is 0 Å². The molecule has 0 saturated carbocycles. The summed E-state index contributed by atoms with van der Waals surface area (Å²) in [5.74, 6) is 0. The van der Waals surface area contributed by atoms with Crippen LogP contribution in [0.25, 0.3) is 11.1 Å². The lowest BCUT2D eigenvalue weighted by Gasteiger charge is -2.06. The van der Waals surface area contributed by atoms with Gasteiger partial charge in [-0.15, -0.1) is 17.9 Å². The molecule has 0 spiro atoms. The minimum atomic E-state index is 0.359. The molecule has 0 aliphatic rings. The highest BCUT2D eigenvalue weighted by Gasteiger charge is 2.02. The quantitative estimate of drug-likeness (QED) is 0.780. The standard InChI is InChI=1S/C15H17NS/c1-3-12(2)16-10-15-9-14(11-17-15)13-7-5-4-6-8-13/h3-9,11-12,16H,1,10H2,2H3. The maximum atomic E-state index is 3.77. The van der Waals surface area contributed by atoms with E-state index in [0.29, 0.717) is 6.04 Å². The van der Waals surface area contributed by atoms with Gasteiger partial charge < -0.3 is 5.32 Å². The van der Waals surface area contributed by atoms with Crippen molar-refractivity contribution in [3.8, 4) is 11.1 Å². The zero-order valence-corrected chi connectivity index (χ0v) is 10.8. The lowest BCUT2D eigenvalue weighted by molar-refractivity contribution is 0.640. The Morgan fingerprint density at radius 3 is 2.76 bits per heavy atom. The summed E-state index contributed by atoms with van der Waals surface area (Å²) in [6, 6.07) is 13.1. The van der Waals surface area contributed by atoms with Gasteiger partial charge in [0.1, 0.15) is 0 Å². The molecule has 1 aromatic carbocycles. The van der Waals surface area contributed by atoms with Crippen molar-refractivity contribution in [2.75, 3.05) is 0 Å². The van der Waals surface area contributed by atoms with Gasteiger partial charge in [-0.25, -0.2) is 0 Å². The van der Waals surface area contributed by atoms with E-state index in [1.54, 1.807) is 11.3 Å². The molecular weight excluding hydrogens is 226 g/mol. The number of rotatable bonds is 5. The molecule has 1 heterocycles. The topological polar surface area (TPSA) is 12.0 Å². The monoisotopic (exact) mass is 243 g/mol. The van der Waals surface area contributed by atoms with Gasteiger partial charge in [-0.05, 0) is 29.5 Å². The Balaban J connectivity index is 2.04. The summed E-state index contributed by atoms with van der Waals surface area (Å²) in [5, 5.41) is 5.62. The van der Waals surface area contributed by atoms with Crippen molar-refractivity contribution in [1.29, 1.82) is 0 Å². The molecule has 2 aromatic rings. The first kappa shape index (κ1) is 12.1. The van der Waals surface area contributed by atoms with Crippen molar-refractivity contribution in [1.82, 2.24) is 5.32 Å². The first-order valence-corrected chi connectivity index (χ1v) is 6.66. The predicted octanol–water partition coefficient (Wildman–Crippen LogP) is 4.08. The van der Waals surface area contributed by atoms with E-state index in [9.17, 15) is 0 Å². The Morgan fingerprint density at radius 2 is 2.06 bits per heavy atom. The average molecular weight is 243 g/mol. The van der Waals surface area contributed by atoms with E-state index in [2.05, 4.69) is 54.5 Å². The lowest BCUT2D eigenvalue weighted by Crippen LogP contribution is -2.22. The Morgan fingerprint density at radius 1 is 1.29 bits per heavy atom. The Labute approximate surface area is 107 Å². The van der Waals surface area contributed by atoms with E-state index < -0.39 is 0 Å². The van der Waals surface area contributed by atoms with Crippen LogP contribution in [-0.4, -0.2) is 6.04 Å². The molecule has 2 rings (SSSR count). The molecule has 1 nitrogen and oxygen atoms in total. The lowest BCUT2D eigenvalue weighted by atomic mass is 10.1. The summed E-state index contributed by atoms with van der Waals surface area (Å²) >= 11 is 1.80. The minimum absolute atomic E-state index is 0.359. The molecule has 0 saturated heterocycles. The molecule has 88 valence electrons. The second-order valence-electron chi connectivity index (χ2n) is 4.07. The van der Waals surface area contributed by atoms with E-state index in [4.69, 9.17) is 0 Å². The van der Waals surface area contributed by atoms with Crippen molar-refractivity contribution in [3.05, 3.63) is 59.3 Å². The first-order chi connectivity index (χ1) is 8.29. The van der Waals surface area contributed by atoms with Gasteiger partial charge in [-0.3, -0.25) is 0 Å². The fourth-order valence-corrected chi connectivity index (χ4v) is 2.44. The average Bonchev–Trinajstić information content (AvgIpc) is 2.86. The number of nitrogens with one attached hydrogen (secondary N) is 1. The van der Waals surface area contributed by atoms with Crippen LogP contribution in [0.5, 0.6) is 0 Å². The summed E-state index contributed by atoms with van der Waals surface area (Å²) in [4.78, 5) is 1.36. The molecule has 1 unspecified atom stereocenters. The molecule has 0 radical (unpaired) electrons. The van der Waals surface area contributed by atoms with E-state index in [1.807, 2.05) is 12.1 Å². The smallest absolute Gasteiger partial charge is 0.0305 e. The van der Waals surface area contributed by atoms with Crippen molar-refractivity contribution >= 4 is 11.3 Å². The van der Waals surface area contributed by atoms with E-state index in [-0.39, 0.29) is 0 Å². The molecular formula is C15H17NS. The second-order valence-corrected chi connectivity index (χ2v) is 5.07. The summed E-state index contributed by atoms with van der Waals surface area (Å²) in [6.07, 6.45) is 1.92. The van der Waals surface area contributed by atoms with E-state index in [0.717, 1.165) is 6.54 Å². The third-order valence-electron chi connectivity index (χ3n) is 2.71. The third-order valence-corrected chi connectivity index (χ3v) is 3.65. The van der Waals surface area contributed by atoms with Crippen LogP contribution >= 0.6 is 11.3 Å². The van der Waals surface area contributed by atoms with Crippen LogP contribution in [0.2, 0.25) is 0 Å². The minimum Gasteiger partial charge on any atom is -0.306 e. The number of thiophene rings is 1. The zero-order valence-electron chi connectivity index (χ0n) is 10.0. The third kappa shape index (κ3) is 3.29. The van der Waals surface area contributed by atoms with E-state index >= 15 is 0 Å². The maximum absolute atomic E-state index is 3.77. The van der Waals surface area contributed by atoms with Crippen LogP contribution in [0, 0.1) is 0 Å². The molecule has 1 atom stereocenters. The van der Waals surface area contributed by atoms with Gasteiger partial charge in [0.05, 0.1) is 0 Å². The highest BCUT2D eigenvalue weighted by molar-refractivity contribution is 7.10. The van der Waals surface area contributed by atoms with Crippen LogP contribution in [-0.2, 0) is 6.54 Å². The van der Waals surface area contributed by atoms with Crippen LogP contribution < -0.4 is 5.32 Å². The number of hydrogen-bond acceptors (Lipinski definition) is 2. The van der Waals surface area contributed by atoms with Crippen molar-refractivity contribution < 1.29 is 0 Å². The van der Waals surface area contributed by atoms with Gasteiger partial charge in [0, 0.05) is 17.5 Å². The first-order valence-electron chi connectivity index (χ1n) is 5.78. The molecule has 0 bridgehead atoms. The summed E-state index contributed by atoms with van der Waals surface area (Å²) < 4.78 is 0. The van der Waals surface area contributed by atoms with Crippen LogP contribution in [0.15, 0.2) is 54.4 Å². The molecule has 0 amide bonds. The molecule has 0 fully saturated rings. The van der Waals surface area contributed by atoms with Gasteiger partial charge in [-0.2, -0.15) is 0 Å². The number of hydrogen-bond donors (Lipinski definition) is 1. The molecule has 1 aromatic heterocycles. The van der Waals surface area contributed by atoms with E-state index in [1.165, 1.54) is 16.0 Å². The number of benzene rings is 1. The predicted molar refractivity (Wildman–Crippen MR) is 76.3 cm³/mol. The van der Waals surface area contributed by atoms with Crippen molar-refractivity contribution in [2.24, 2.45) is 0 Å². The van der Waals surface area contributed by atoms with Crippen molar-refractivity contribution in [2.45, 2.75) is 19.5 Å². The summed E-state index contributed by atoms with van der Waals surface area (Å²) in [5.41, 5.74) is 2.59. The second kappa shape index (κ2) is 5.80. The van der Waals surface area contributed by atoms with Crippen molar-refractivity contribution in [3.63, 3.8) is 0 Å². The van der Waals surface area contributed by atoms with Gasteiger partial charge in [-0.1, -0.05) is 36.4 Å². The largest absolute Gasteiger partial charge is 0.306 e. The molecule has 2 heteroatoms.